The van der Waals surface area contributed by atoms with Crippen molar-refractivity contribution < 1.29 is 4.79 Å². The van der Waals surface area contributed by atoms with Crippen LogP contribution in [0.15, 0.2) is 35.8 Å². The maximum absolute atomic E-state index is 12.3. The second-order valence-electron chi connectivity index (χ2n) is 3.99. The lowest BCUT2D eigenvalue weighted by Crippen LogP contribution is -2.29. The topological polar surface area (TPSA) is 80.0 Å². The van der Waals surface area contributed by atoms with Crippen molar-refractivity contribution in [2.24, 2.45) is 5.84 Å². The summed E-state index contributed by atoms with van der Waals surface area (Å²) in [5.41, 5.74) is 3.66. The van der Waals surface area contributed by atoms with Crippen LogP contribution in [0.25, 0.3) is 0 Å². The number of nitrogens with two attached hydrogens (primary N) is 1. The Morgan fingerprint density at radius 2 is 2.26 bits per heavy atom. The van der Waals surface area contributed by atoms with Gasteiger partial charge in [0.15, 0.2) is 0 Å². The summed E-state index contributed by atoms with van der Waals surface area (Å²) >= 11 is 1.54. The van der Waals surface area contributed by atoms with Crippen LogP contribution in [0.2, 0.25) is 0 Å². The monoisotopic (exact) mass is 276 g/mol. The van der Waals surface area contributed by atoms with E-state index >= 15 is 0 Å². The molecule has 0 aliphatic rings. The average Bonchev–Trinajstić information content (AvgIpc) is 2.98. The van der Waals surface area contributed by atoms with Gasteiger partial charge in [0.2, 0.25) is 0 Å². The number of benzene rings is 1. The number of nitrogens with zero attached hydrogens (tertiary/aromatic N) is 1. The molecule has 0 radical (unpaired) electrons. The molecule has 1 unspecified atom stereocenters. The van der Waals surface area contributed by atoms with Crippen LogP contribution in [0.5, 0.6) is 0 Å². The summed E-state index contributed by atoms with van der Waals surface area (Å²) in [6.07, 6.45) is 2.53. The molecule has 1 aromatic heterocycles. The van der Waals surface area contributed by atoms with E-state index in [0.29, 0.717) is 11.3 Å². The van der Waals surface area contributed by atoms with Gasteiger partial charge in [0.25, 0.3) is 5.91 Å². The van der Waals surface area contributed by atoms with E-state index in [-0.39, 0.29) is 11.9 Å². The van der Waals surface area contributed by atoms with Crippen molar-refractivity contribution in [2.45, 2.75) is 19.4 Å². The minimum Gasteiger partial charge on any atom is -0.343 e. The number of rotatable bonds is 5. The Morgan fingerprint density at radius 1 is 1.47 bits per heavy atom. The molecule has 4 N–H and O–H groups in total. The fourth-order valence-electron chi connectivity index (χ4n) is 1.79. The molecule has 1 aromatic carbocycles. The van der Waals surface area contributed by atoms with E-state index in [1.807, 2.05) is 18.4 Å². The summed E-state index contributed by atoms with van der Waals surface area (Å²) in [5, 5.41) is 5.79. The van der Waals surface area contributed by atoms with Gasteiger partial charge >= 0.3 is 0 Å². The number of anilines is 1. The first kappa shape index (κ1) is 13.5. The van der Waals surface area contributed by atoms with Crippen molar-refractivity contribution in [3.63, 3.8) is 0 Å². The standard InChI is InChI=1S/C13H16N4OS/c1-2-10(13-15-7-8-19-13)16-12(18)9-5-3-4-6-11(9)17-14/h3-8,10,17H,2,14H2,1H3,(H,16,18). The quantitative estimate of drug-likeness (QED) is 0.578. The van der Waals surface area contributed by atoms with Crippen LogP contribution in [0.4, 0.5) is 5.69 Å². The van der Waals surface area contributed by atoms with E-state index < -0.39 is 0 Å². The second kappa shape index (κ2) is 6.31. The van der Waals surface area contributed by atoms with Crippen LogP contribution in [0.3, 0.4) is 0 Å². The number of carbonyl (C=O) groups is 1. The highest BCUT2D eigenvalue weighted by molar-refractivity contribution is 7.09. The van der Waals surface area contributed by atoms with Crippen molar-refractivity contribution >= 4 is 22.9 Å². The van der Waals surface area contributed by atoms with Gasteiger partial charge in [-0.2, -0.15) is 0 Å². The van der Waals surface area contributed by atoms with E-state index in [1.54, 1.807) is 24.4 Å². The van der Waals surface area contributed by atoms with Crippen molar-refractivity contribution in [3.8, 4) is 0 Å². The zero-order chi connectivity index (χ0) is 13.7. The number of hydrogen-bond donors (Lipinski definition) is 3. The Hall–Kier alpha value is -1.92. The summed E-state index contributed by atoms with van der Waals surface area (Å²) in [6.45, 7) is 2.01. The Kier molecular flexibility index (Phi) is 4.48. The number of amides is 1. The number of nitrogen functional groups attached to an aromatic ring is 1. The molecule has 2 rings (SSSR count). The number of nitrogens with one attached hydrogen (secondary N) is 2. The second-order valence-corrected chi connectivity index (χ2v) is 4.92. The van der Waals surface area contributed by atoms with Gasteiger partial charge in [-0.05, 0) is 18.6 Å². The lowest BCUT2D eigenvalue weighted by molar-refractivity contribution is 0.0936. The molecule has 100 valence electrons. The number of carbonyl (C=O) groups excluding carboxylic acids is 1. The Balaban J connectivity index is 2.16. The van der Waals surface area contributed by atoms with Crippen LogP contribution in [0.1, 0.15) is 34.8 Å². The molecule has 0 bridgehead atoms. The lowest BCUT2D eigenvalue weighted by atomic mass is 10.1. The summed E-state index contributed by atoms with van der Waals surface area (Å²) in [5.74, 6) is 5.25. The van der Waals surface area contributed by atoms with Crippen molar-refractivity contribution in [1.82, 2.24) is 10.3 Å². The van der Waals surface area contributed by atoms with Gasteiger partial charge in [0.05, 0.1) is 17.3 Å². The van der Waals surface area contributed by atoms with Gasteiger partial charge in [0.1, 0.15) is 5.01 Å². The molecule has 1 atom stereocenters. The molecule has 0 fully saturated rings. The largest absolute Gasteiger partial charge is 0.343 e. The molecular weight excluding hydrogens is 260 g/mol. The molecule has 5 nitrogen and oxygen atoms in total. The molecule has 1 amide bonds. The number of aromatic nitrogens is 1. The normalized spacial score (nSPS) is 11.9. The molecule has 6 heteroatoms. The van der Waals surface area contributed by atoms with Gasteiger partial charge in [-0.1, -0.05) is 19.1 Å². The molecule has 0 saturated carbocycles. The summed E-state index contributed by atoms with van der Waals surface area (Å²) in [4.78, 5) is 16.5. The van der Waals surface area contributed by atoms with E-state index in [2.05, 4.69) is 15.7 Å². The zero-order valence-electron chi connectivity index (χ0n) is 10.6. The third kappa shape index (κ3) is 3.10. The van der Waals surface area contributed by atoms with Gasteiger partial charge < -0.3 is 10.7 Å². The highest BCUT2D eigenvalue weighted by Crippen LogP contribution is 2.21. The third-order valence-electron chi connectivity index (χ3n) is 2.79. The summed E-state index contributed by atoms with van der Waals surface area (Å²) in [7, 11) is 0. The number of hydrazine groups is 1. The molecule has 1 heterocycles. The minimum atomic E-state index is -0.157. The smallest absolute Gasteiger partial charge is 0.253 e. The highest BCUT2D eigenvalue weighted by atomic mass is 32.1. The first-order valence-electron chi connectivity index (χ1n) is 6.02. The average molecular weight is 276 g/mol. The van der Waals surface area contributed by atoms with E-state index in [1.165, 1.54) is 11.3 Å². The van der Waals surface area contributed by atoms with Crippen LogP contribution in [0, 0.1) is 0 Å². The van der Waals surface area contributed by atoms with E-state index in [0.717, 1.165) is 11.4 Å². The predicted molar refractivity (Wildman–Crippen MR) is 76.9 cm³/mol. The Morgan fingerprint density at radius 3 is 2.89 bits per heavy atom. The van der Waals surface area contributed by atoms with Gasteiger partial charge in [-0.15, -0.1) is 11.3 Å². The van der Waals surface area contributed by atoms with Gasteiger partial charge in [-0.3, -0.25) is 10.6 Å². The van der Waals surface area contributed by atoms with Crippen LogP contribution in [-0.4, -0.2) is 10.9 Å². The third-order valence-corrected chi connectivity index (χ3v) is 3.68. The summed E-state index contributed by atoms with van der Waals surface area (Å²) in [6, 6.07) is 7.06. The SMILES string of the molecule is CCC(NC(=O)c1ccccc1NN)c1nccs1. The maximum Gasteiger partial charge on any atom is 0.253 e. The fraction of sp³-hybridized carbons (Fsp3) is 0.231. The maximum atomic E-state index is 12.3. The first-order valence-corrected chi connectivity index (χ1v) is 6.90. The molecule has 0 saturated heterocycles. The molecule has 0 aliphatic carbocycles. The first-order chi connectivity index (χ1) is 9.26. The van der Waals surface area contributed by atoms with Crippen molar-refractivity contribution in [2.75, 3.05) is 5.43 Å². The number of thiazole rings is 1. The number of para-hydroxylation sites is 1. The minimum absolute atomic E-state index is 0.0710. The summed E-state index contributed by atoms with van der Waals surface area (Å²) < 4.78 is 0. The molecule has 0 spiro atoms. The van der Waals surface area contributed by atoms with Crippen LogP contribution < -0.4 is 16.6 Å². The Bertz CT molecular complexity index is 541. The van der Waals surface area contributed by atoms with Crippen LogP contribution in [-0.2, 0) is 0 Å². The van der Waals surface area contributed by atoms with Crippen molar-refractivity contribution in [1.29, 1.82) is 0 Å². The Labute approximate surface area is 115 Å². The number of hydrogen-bond acceptors (Lipinski definition) is 5. The van der Waals surface area contributed by atoms with E-state index in [9.17, 15) is 4.79 Å². The molecule has 0 aliphatic heterocycles. The molecule has 19 heavy (non-hydrogen) atoms. The predicted octanol–water partition coefficient (Wildman–Crippen LogP) is 2.31. The van der Waals surface area contributed by atoms with E-state index in [4.69, 9.17) is 5.84 Å². The molecule has 2 aromatic rings. The molecular formula is C13H16N4OS. The zero-order valence-corrected chi connectivity index (χ0v) is 11.4. The van der Waals surface area contributed by atoms with Crippen LogP contribution >= 0.6 is 11.3 Å². The fourth-order valence-corrected chi connectivity index (χ4v) is 2.56. The highest BCUT2D eigenvalue weighted by Gasteiger charge is 2.17. The van der Waals surface area contributed by atoms with Crippen molar-refractivity contribution in [3.05, 3.63) is 46.4 Å². The van der Waals surface area contributed by atoms with Gasteiger partial charge in [-0.25, -0.2) is 4.98 Å². The lowest BCUT2D eigenvalue weighted by Gasteiger charge is -2.16. The van der Waals surface area contributed by atoms with Gasteiger partial charge in [0, 0.05) is 11.6 Å².